The highest BCUT2D eigenvalue weighted by molar-refractivity contribution is 5.58. The Balaban J connectivity index is 2.07. The molecule has 0 spiro atoms. The van der Waals surface area contributed by atoms with E-state index in [0.717, 1.165) is 23.6 Å². The number of aromatic nitrogens is 1. The maximum absolute atomic E-state index is 12.9. The molecule has 3 nitrogen and oxygen atoms in total. The van der Waals surface area contributed by atoms with E-state index in [1.807, 2.05) is 24.2 Å². The van der Waals surface area contributed by atoms with Gasteiger partial charge in [-0.2, -0.15) is 0 Å². The largest absolute Gasteiger partial charge is 0.329 e. The lowest BCUT2D eigenvalue weighted by Crippen LogP contribution is -2.22. The van der Waals surface area contributed by atoms with Gasteiger partial charge in [-0.1, -0.05) is 19.9 Å². The zero-order valence-corrected chi connectivity index (χ0v) is 12.1. The Morgan fingerprint density at radius 3 is 2.40 bits per heavy atom. The first-order chi connectivity index (χ1) is 9.56. The molecule has 0 amide bonds. The molecule has 106 valence electrons. The molecule has 0 atom stereocenters. The Bertz CT molecular complexity index is 535. The second-order valence-electron chi connectivity index (χ2n) is 5.10. The van der Waals surface area contributed by atoms with E-state index < -0.39 is 0 Å². The number of nitrogens with zero attached hydrogens (tertiary/aromatic N) is 2. The number of pyridine rings is 1. The minimum Gasteiger partial charge on any atom is -0.329 e. The Hall–Kier alpha value is -1.94. The summed E-state index contributed by atoms with van der Waals surface area (Å²) in [6.07, 6.45) is 1.87. The second-order valence-corrected chi connectivity index (χ2v) is 5.10. The third-order valence-electron chi connectivity index (χ3n) is 3.08. The predicted molar refractivity (Wildman–Crippen MR) is 80.7 cm³/mol. The first-order valence-electron chi connectivity index (χ1n) is 6.74. The Kier molecular flexibility index (Phi) is 4.69. The van der Waals surface area contributed by atoms with Gasteiger partial charge in [0.15, 0.2) is 0 Å². The molecule has 2 rings (SSSR count). The summed E-state index contributed by atoms with van der Waals surface area (Å²) in [7, 11) is 1.92. The van der Waals surface area contributed by atoms with Crippen LogP contribution in [0, 0.1) is 5.82 Å². The van der Waals surface area contributed by atoms with E-state index >= 15 is 0 Å². The van der Waals surface area contributed by atoms with Crippen molar-refractivity contribution in [2.75, 3.05) is 11.9 Å². The molecule has 20 heavy (non-hydrogen) atoms. The van der Waals surface area contributed by atoms with Crippen molar-refractivity contribution >= 4 is 11.5 Å². The molecule has 1 aromatic carbocycles. The molecule has 0 radical (unpaired) electrons. The summed E-state index contributed by atoms with van der Waals surface area (Å²) in [4.78, 5) is 6.38. The van der Waals surface area contributed by atoms with Crippen LogP contribution in [0.25, 0.3) is 0 Å². The third kappa shape index (κ3) is 3.78. The van der Waals surface area contributed by atoms with E-state index in [2.05, 4.69) is 30.2 Å². The third-order valence-corrected chi connectivity index (χ3v) is 3.08. The maximum Gasteiger partial charge on any atom is 0.132 e. The maximum atomic E-state index is 12.9. The minimum absolute atomic E-state index is 0.231. The number of hydrogen-bond donors (Lipinski definition) is 1. The van der Waals surface area contributed by atoms with Crippen molar-refractivity contribution in [2.45, 2.75) is 26.4 Å². The van der Waals surface area contributed by atoms with E-state index in [1.165, 1.54) is 12.1 Å². The fraction of sp³-hybridized carbons (Fsp3) is 0.312. The van der Waals surface area contributed by atoms with Gasteiger partial charge in [0.2, 0.25) is 0 Å². The van der Waals surface area contributed by atoms with Crippen molar-refractivity contribution in [1.29, 1.82) is 0 Å². The topological polar surface area (TPSA) is 28.2 Å². The van der Waals surface area contributed by atoms with Gasteiger partial charge in [-0.3, -0.25) is 0 Å². The van der Waals surface area contributed by atoms with Crippen molar-refractivity contribution in [3.8, 4) is 0 Å². The van der Waals surface area contributed by atoms with Crippen LogP contribution in [0.3, 0.4) is 0 Å². The van der Waals surface area contributed by atoms with Gasteiger partial charge in [0.25, 0.3) is 0 Å². The lowest BCUT2D eigenvalue weighted by molar-refractivity contribution is 0.588. The molecule has 0 aliphatic rings. The molecule has 1 N–H and O–H groups in total. The number of rotatable bonds is 5. The number of anilines is 2. The molecule has 1 aromatic heterocycles. The van der Waals surface area contributed by atoms with Crippen LogP contribution < -0.4 is 10.2 Å². The zero-order valence-electron chi connectivity index (χ0n) is 12.1. The highest BCUT2D eigenvalue weighted by Gasteiger charge is 2.05. The highest BCUT2D eigenvalue weighted by atomic mass is 19.1. The summed E-state index contributed by atoms with van der Waals surface area (Å²) in [6, 6.07) is 10.9. The van der Waals surface area contributed by atoms with E-state index in [0.29, 0.717) is 6.04 Å². The molecule has 0 aliphatic heterocycles. The average Bonchev–Trinajstić information content (AvgIpc) is 2.46. The normalized spacial score (nSPS) is 10.8. The molecule has 0 aliphatic carbocycles. The summed E-state index contributed by atoms with van der Waals surface area (Å²) < 4.78 is 12.9. The lowest BCUT2D eigenvalue weighted by atomic mass is 10.2. The van der Waals surface area contributed by atoms with Crippen molar-refractivity contribution in [2.24, 2.45) is 0 Å². The van der Waals surface area contributed by atoms with Gasteiger partial charge in [-0.15, -0.1) is 0 Å². The minimum atomic E-state index is -0.231. The molecule has 1 heterocycles. The van der Waals surface area contributed by atoms with Crippen LogP contribution >= 0.6 is 0 Å². The zero-order chi connectivity index (χ0) is 14.5. The van der Waals surface area contributed by atoms with Crippen molar-refractivity contribution in [1.82, 2.24) is 10.3 Å². The van der Waals surface area contributed by atoms with Gasteiger partial charge < -0.3 is 10.2 Å². The summed E-state index contributed by atoms with van der Waals surface area (Å²) in [6.45, 7) is 5.04. The highest BCUT2D eigenvalue weighted by Crippen LogP contribution is 2.21. The molecular weight excluding hydrogens is 253 g/mol. The van der Waals surface area contributed by atoms with Crippen LogP contribution in [0.4, 0.5) is 15.9 Å². The van der Waals surface area contributed by atoms with E-state index in [1.54, 1.807) is 12.1 Å². The number of halogens is 1. The summed E-state index contributed by atoms with van der Waals surface area (Å²) in [5.41, 5.74) is 2.06. The Morgan fingerprint density at radius 2 is 1.85 bits per heavy atom. The number of hydrogen-bond acceptors (Lipinski definition) is 3. The van der Waals surface area contributed by atoms with Gasteiger partial charge >= 0.3 is 0 Å². The van der Waals surface area contributed by atoms with Crippen LogP contribution in [0.15, 0.2) is 42.6 Å². The number of benzene rings is 1. The summed E-state index contributed by atoms with van der Waals surface area (Å²) in [5, 5.41) is 3.35. The fourth-order valence-electron chi connectivity index (χ4n) is 1.84. The Labute approximate surface area is 119 Å². The molecule has 0 fully saturated rings. The van der Waals surface area contributed by atoms with Crippen LogP contribution in [0.5, 0.6) is 0 Å². The Morgan fingerprint density at radius 1 is 1.15 bits per heavy atom. The molecule has 0 bridgehead atoms. The van der Waals surface area contributed by atoms with E-state index in [9.17, 15) is 4.39 Å². The quantitative estimate of drug-likeness (QED) is 0.904. The molecule has 0 unspecified atom stereocenters. The van der Waals surface area contributed by atoms with Gasteiger partial charge in [0.1, 0.15) is 11.6 Å². The molecule has 0 saturated carbocycles. The van der Waals surface area contributed by atoms with Crippen LogP contribution in [0.2, 0.25) is 0 Å². The van der Waals surface area contributed by atoms with Gasteiger partial charge in [-0.25, -0.2) is 9.37 Å². The van der Waals surface area contributed by atoms with Gasteiger partial charge in [0.05, 0.1) is 0 Å². The first kappa shape index (κ1) is 14.5. The summed E-state index contributed by atoms with van der Waals surface area (Å²) >= 11 is 0. The molecular formula is C16H20FN3. The molecule has 4 heteroatoms. The van der Waals surface area contributed by atoms with Crippen molar-refractivity contribution in [3.05, 3.63) is 54.0 Å². The summed E-state index contributed by atoms with van der Waals surface area (Å²) in [5.74, 6) is 0.607. The van der Waals surface area contributed by atoms with E-state index in [4.69, 9.17) is 0 Å². The lowest BCUT2D eigenvalue weighted by Gasteiger charge is -2.18. The SMILES string of the molecule is CC(C)NCc1ccc(N(C)c2ccc(F)cc2)nc1. The van der Waals surface area contributed by atoms with Crippen molar-refractivity contribution < 1.29 is 4.39 Å². The van der Waals surface area contributed by atoms with Gasteiger partial charge in [-0.05, 0) is 35.9 Å². The fourth-order valence-corrected chi connectivity index (χ4v) is 1.84. The van der Waals surface area contributed by atoms with Crippen LogP contribution in [0.1, 0.15) is 19.4 Å². The first-order valence-corrected chi connectivity index (χ1v) is 6.74. The van der Waals surface area contributed by atoms with E-state index in [-0.39, 0.29) is 5.82 Å². The monoisotopic (exact) mass is 273 g/mol. The number of nitrogens with one attached hydrogen (secondary N) is 1. The smallest absolute Gasteiger partial charge is 0.132 e. The predicted octanol–water partition coefficient (Wildman–Crippen LogP) is 3.49. The second kappa shape index (κ2) is 6.48. The van der Waals surface area contributed by atoms with Crippen LogP contribution in [-0.4, -0.2) is 18.1 Å². The standard InChI is InChI=1S/C16H20FN3/c1-12(2)18-10-13-4-9-16(19-11-13)20(3)15-7-5-14(17)6-8-15/h4-9,11-12,18H,10H2,1-3H3. The average molecular weight is 273 g/mol. The van der Waals surface area contributed by atoms with Gasteiger partial charge in [0, 0.05) is 31.5 Å². The van der Waals surface area contributed by atoms with Crippen molar-refractivity contribution in [3.63, 3.8) is 0 Å². The molecule has 0 saturated heterocycles. The van der Waals surface area contributed by atoms with Crippen LogP contribution in [-0.2, 0) is 6.54 Å². The molecule has 2 aromatic rings.